The lowest BCUT2D eigenvalue weighted by molar-refractivity contribution is -0.258. The average molecular weight is 222 g/mol. The number of alkyl halides is 5. The summed E-state index contributed by atoms with van der Waals surface area (Å²) in [5, 5.41) is 0. The highest BCUT2D eigenvalue weighted by atomic mass is 19.4. The molecule has 0 radical (unpaired) electrons. The van der Waals surface area contributed by atoms with Crippen molar-refractivity contribution in [2.24, 2.45) is 0 Å². The van der Waals surface area contributed by atoms with Gasteiger partial charge in [0.1, 0.15) is 0 Å². The number of hydrogen-bond acceptors (Lipinski definition) is 0. The van der Waals surface area contributed by atoms with Crippen molar-refractivity contribution < 1.29 is 22.0 Å². The van der Waals surface area contributed by atoms with Crippen molar-refractivity contribution in [2.75, 3.05) is 0 Å². The molecule has 0 aliphatic heterocycles. The first-order valence-electron chi connectivity index (χ1n) is 4.02. The molecule has 0 unspecified atom stereocenters. The first-order chi connectivity index (χ1) is 6.83. The van der Waals surface area contributed by atoms with Gasteiger partial charge in [-0.1, -0.05) is 36.4 Å². The Morgan fingerprint density at radius 3 is 1.87 bits per heavy atom. The fourth-order valence-corrected chi connectivity index (χ4v) is 0.860. The Hall–Kier alpha value is -1.39. The van der Waals surface area contributed by atoms with E-state index in [0.29, 0.717) is 5.56 Å². The average Bonchev–Trinajstić information content (AvgIpc) is 2.15. The monoisotopic (exact) mass is 222 g/mol. The molecule has 0 aromatic heterocycles. The lowest BCUT2D eigenvalue weighted by atomic mass is 10.2. The summed E-state index contributed by atoms with van der Waals surface area (Å²) in [6.07, 6.45) is -4.95. The SMILES string of the molecule is FC(F)(F)C(F)(F)C=Cc1ccccc1. The lowest BCUT2D eigenvalue weighted by Gasteiger charge is -2.15. The Balaban J connectivity index is 2.83. The van der Waals surface area contributed by atoms with Crippen LogP contribution in [0.25, 0.3) is 6.08 Å². The van der Waals surface area contributed by atoms with Gasteiger partial charge in [0, 0.05) is 0 Å². The fourth-order valence-electron chi connectivity index (χ4n) is 0.860. The Labute approximate surface area is 83.0 Å². The Kier molecular flexibility index (Phi) is 3.12. The van der Waals surface area contributed by atoms with Crippen LogP contribution in [-0.4, -0.2) is 12.1 Å². The summed E-state index contributed by atoms with van der Waals surface area (Å²) < 4.78 is 60.0. The third-order valence-corrected chi connectivity index (χ3v) is 1.66. The topological polar surface area (TPSA) is 0 Å². The van der Waals surface area contributed by atoms with Gasteiger partial charge in [-0.25, -0.2) is 0 Å². The molecular formula is C10H7F5. The van der Waals surface area contributed by atoms with E-state index in [4.69, 9.17) is 0 Å². The van der Waals surface area contributed by atoms with Crippen LogP contribution in [0.4, 0.5) is 22.0 Å². The molecule has 0 saturated heterocycles. The molecule has 0 saturated carbocycles. The normalized spacial score (nSPS) is 13.4. The molecule has 15 heavy (non-hydrogen) atoms. The molecule has 0 aliphatic carbocycles. The van der Waals surface area contributed by atoms with E-state index in [1.165, 1.54) is 12.1 Å². The quantitative estimate of drug-likeness (QED) is 0.666. The molecule has 0 bridgehead atoms. The lowest BCUT2D eigenvalue weighted by Crippen LogP contribution is -2.33. The first-order valence-corrected chi connectivity index (χ1v) is 4.02. The smallest absolute Gasteiger partial charge is 0.191 e. The summed E-state index contributed by atoms with van der Waals surface area (Å²) in [6.45, 7) is 0. The van der Waals surface area contributed by atoms with Gasteiger partial charge in [0.2, 0.25) is 0 Å². The van der Waals surface area contributed by atoms with Crippen molar-refractivity contribution in [3.63, 3.8) is 0 Å². The molecule has 1 aromatic carbocycles. The van der Waals surface area contributed by atoms with Crippen molar-refractivity contribution in [3.05, 3.63) is 42.0 Å². The zero-order chi connectivity index (χ0) is 11.5. The van der Waals surface area contributed by atoms with Crippen LogP contribution in [0, 0.1) is 0 Å². The van der Waals surface area contributed by atoms with Crippen LogP contribution < -0.4 is 0 Å². The van der Waals surface area contributed by atoms with E-state index in [-0.39, 0.29) is 6.08 Å². The van der Waals surface area contributed by atoms with Gasteiger partial charge in [0.25, 0.3) is 0 Å². The van der Waals surface area contributed by atoms with Crippen LogP contribution in [0.5, 0.6) is 0 Å². The van der Waals surface area contributed by atoms with Crippen molar-refractivity contribution in [2.45, 2.75) is 12.1 Å². The minimum absolute atomic E-state index is 0.150. The maximum absolute atomic E-state index is 12.4. The minimum atomic E-state index is -5.54. The van der Waals surface area contributed by atoms with E-state index >= 15 is 0 Å². The molecular weight excluding hydrogens is 215 g/mol. The number of halogens is 5. The molecule has 0 fully saturated rings. The molecule has 0 nitrogen and oxygen atoms in total. The zero-order valence-corrected chi connectivity index (χ0v) is 7.43. The van der Waals surface area contributed by atoms with Gasteiger partial charge in [-0.3, -0.25) is 0 Å². The summed E-state index contributed by atoms with van der Waals surface area (Å²) >= 11 is 0. The van der Waals surface area contributed by atoms with Crippen LogP contribution in [-0.2, 0) is 0 Å². The second-order valence-electron chi connectivity index (χ2n) is 2.86. The third kappa shape index (κ3) is 3.04. The highest BCUT2D eigenvalue weighted by Crippen LogP contribution is 2.36. The van der Waals surface area contributed by atoms with Gasteiger partial charge in [-0.15, -0.1) is 0 Å². The zero-order valence-electron chi connectivity index (χ0n) is 7.43. The molecule has 0 aliphatic rings. The van der Waals surface area contributed by atoms with E-state index in [1.54, 1.807) is 18.2 Å². The molecule has 0 spiro atoms. The van der Waals surface area contributed by atoms with E-state index in [9.17, 15) is 22.0 Å². The summed E-state index contributed by atoms with van der Waals surface area (Å²) in [4.78, 5) is 0. The van der Waals surface area contributed by atoms with Crippen LogP contribution in [0.3, 0.4) is 0 Å². The van der Waals surface area contributed by atoms with Gasteiger partial charge in [-0.05, 0) is 11.6 Å². The summed E-state index contributed by atoms with van der Waals surface area (Å²) in [5.41, 5.74) is 0.293. The van der Waals surface area contributed by atoms with Gasteiger partial charge >= 0.3 is 12.1 Å². The molecule has 82 valence electrons. The van der Waals surface area contributed by atoms with Crippen LogP contribution in [0.1, 0.15) is 5.56 Å². The van der Waals surface area contributed by atoms with E-state index in [2.05, 4.69) is 0 Å². The number of benzene rings is 1. The van der Waals surface area contributed by atoms with E-state index in [0.717, 1.165) is 6.08 Å². The van der Waals surface area contributed by atoms with Gasteiger partial charge in [0.05, 0.1) is 0 Å². The first kappa shape index (κ1) is 11.7. The predicted molar refractivity (Wildman–Crippen MR) is 46.5 cm³/mol. The highest BCUT2D eigenvalue weighted by molar-refractivity contribution is 5.49. The highest BCUT2D eigenvalue weighted by Gasteiger charge is 2.55. The molecule has 1 rings (SSSR count). The standard InChI is InChI=1S/C10H7F5/c11-9(12,10(13,14)15)7-6-8-4-2-1-3-5-8/h1-7H. The maximum atomic E-state index is 12.4. The Bertz CT molecular complexity index is 337. The Morgan fingerprint density at radius 1 is 0.867 bits per heavy atom. The minimum Gasteiger partial charge on any atom is -0.191 e. The fraction of sp³-hybridized carbons (Fsp3) is 0.200. The second-order valence-corrected chi connectivity index (χ2v) is 2.86. The molecule has 0 atom stereocenters. The molecule has 1 aromatic rings. The van der Waals surface area contributed by atoms with Gasteiger partial charge < -0.3 is 0 Å². The van der Waals surface area contributed by atoms with Crippen molar-refractivity contribution in [3.8, 4) is 0 Å². The predicted octanol–water partition coefficient (Wildman–Crippen LogP) is 3.90. The number of allylic oxidation sites excluding steroid dienone is 1. The molecule has 0 heterocycles. The Morgan fingerprint density at radius 2 is 1.40 bits per heavy atom. The van der Waals surface area contributed by atoms with Crippen molar-refractivity contribution in [1.82, 2.24) is 0 Å². The summed E-state index contributed by atoms with van der Waals surface area (Å²) in [6, 6.07) is 7.60. The number of rotatable bonds is 2. The van der Waals surface area contributed by atoms with E-state index < -0.39 is 12.1 Å². The molecule has 0 N–H and O–H groups in total. The van der Waals surface area contributed by atoms with Crippen molar-refractivity contribution in [1.29, 1.82) is 0 Å². The van der Waals surface area contributed by atoms with Crippen LogP contribution >= 0.6 is 0 Å². The van der Waals surface area contributed by atoms with Crippen LogP contribution in [0.15, 0.2) is 36.4 Å². The van der Waals surface area contributed by atoms with Gasteiger partial charge in [-0.2, -0.15) is 22.0 Å². The van der Waals surface area contributed by atoms with E-state index in [1.807, 2.05) is 0 Å². The van der Waals surface area contributed by atoms with Gasteiger partial charge in [0.15, 0.2) is 0 Å². The summed E-state index contributed by atoms with van der Waals surface area (Å²) in [7, 11) is 0. The summed E-state index contributed by atoms with van der Waals surface area (Å²) in [5.74, 6) is -4.79. The van der Waals surface area contributed by atoms with Crippen LogP contribution in [0.2, 0.25) is 0 Å². The number of hydrogen-bond donors (Lipinski definition) is 0. The molecule has 5 heteroatoms. The van der Waals surface area contributed by atoms with Crippen molar-refractivity contribution >= 4 is 6.08 Å². The third-order valence-electron chi connectivity index (χ3n) is 1.66. The second kappa shape index (κ2) is 4.00. The maximum Gasteiger partial charge on any atom is 0.457 e. The molecule has 0 amide bonds. The largest absolute Gasteiger partial charge is 0.457 e.